The minimum atomic E-state index is -0.849. The highest BCUT2D eigenvalue weighted by atomic mass is 32.2. The predicted octanol–water partition coefficient (Wildman–Crippen LogP) is 1.75. The molecule has 1 N–H and O–H groups in total. The number of hydrogen-bond acceptors (Lipinski definition) is 6. The van der Waals surface area contributed by atoms with E-state index in [0.717, 1.165) is 12.8 Å². The Bertz CT molecular complexity index is 808. The van der Waals surface area contributed by atoms with Crippen molar-refractivity contribution in [2.24, 2.45) is 11.8 Å². The van der Waals surface area contributed by atoms with Gasteiger partial charge in [0.15, 0.2) is 0 Å². The summed E-state index contributed by atoms with van der Waals surface area (Å²) < 4.78 is 4.69. The summed E-state index contributed by atoms with van der Waals surface area (Å²) in [6.07, 6.45) is 10.2. The number of nitrogens with zero attached hydrogens (tertiary/aromatic N) is 2. The molecule has 6 atom stereocenters. The molecule has 0 bridgehead atoms. The number of fused-ring (bicyclic) bond motifs is 2. The molecule has 4 rings (SSSR count). The second kappa shape index (κ2) is 8.62. The molecule has 1 spiro atoms. The third-order valence-corrected chi connectivity index (χ3v) is 8.76. The van der Waals surface area contributed by atoms with Crippen LogP contribution in [0.5, 0.6) is 0 Å². The summed E-state index contributed by atoms with van der Waals surface area (Å²) in [5.41, 5.74) is 0. The molecule has 2 saturated heterocycles. The van der Waals surface area contributed by atoms with Gasteiger partial charge < -0.3 is 19.6 Å². The van der Waals surface area contributed by atoms with Gasteiger partial charge in [-0.25, -0.2) is 0 Å². The van der Waals surface area contributed by atoms with Crippen molar-refractivity contribution in [3.63, 3.8) is 0 Å². The quantitative estimate of drug-likeness (QED) is 0.521. The third kappa shape index (κ3) is 3.42. The number of thioether (sulfide) groups is 1. The zero-order valence-corrected chi connectivity index (χ0v) is 19.2. The first kappa shape index (κ1) is 22.4. The Morgan fingerprint density at radius 1 is 1.26 bits per heavy atom. The fourth-order valence-corrected chi connectivity index (χ4v) is 7.47. The number of cyclic esters (lactones) is 1. The maximum atomic E-state index is 13.9. The third-order valence-electron chi connectivity index (χ3n) is 7.02. The van der Waals surface area contributed by atoms with E-state index in [4.69, 9.17) is 4.74 Å². The molecule has 1 unspecified atom stereocenters. The van der Waals surface area contributed by atoms with Gasteiger partial charge in [0.1, 0.15) is 6.04 Å². The molecule has 4 aliphatic rings. The number of aliphatic hydroxyl groups excluding tert-OH is 1. The summed E-state index contributed by atoms with van der Waals surface area (Å²) >= 11 is 1.54. The first-order valence-electron chi connectivity index (χ1n) is 11.3. The van der Waals surface area contributed by atoms with Crippen LogP contribution >= 0.6 is 11.8 Å². The molecule has 0 aromatic rings. The van der Waals surface area contributed by atoms with Crippen LogP contribution in [0, 0.1) is 11.8 Å². The minimum absolute atomic E-state index is 0.0223. The number of hydrogen-bond donors (Lipinski definition) is 1. The van der Waals surface area contributed by atoms with E-state index in [2.05, 4.69) is 6.08 Å². The van der Waals surface area contributed by atoms with E-state index in [1.165, 1.54) is 0 Å². The number of aliphatic hydroxyl groups is 1. The van der Waals surface area contributed by atoms with Crippen molar-refractivity contribution in [2.45, 2.75) is 68.2 Å². The number of rotatable bonds is 4. The summed E-state index contributed by atoms with van der Waals surface area (Å²) in [6.45, 7) is 6.41. The Morgan fingerprint density at radius 2 is 2.03 bits per heavy atom. The zero-order chi connectivity index (χ0) is 22.3. The fourth-order valence-electron chi connectivity index (χ4n) is 5.48. The molecule has 0 aromatic carbocycles. The second-order valence-corrected chi connectivity index (χ2v) is 10.5. The maximum absolute atomic E-state index is 13.9. The van der Waals surface area contributed by atoms with Crippen LogP contribution in [0.3, 0.4) is 0 Å². The van der Waals surface area contributed by atoms with Crippen LogP contribution in [0.15, 0.2) is 24.3 Å². The molecule has 31 heavy (non-hydrogen) atoms. The van der Waals surface area contributed by atoms with E-state index >= 15 is 0 Å². The number of carbonyl (C=O) groups is 3. The van der Waals surface area contributed by atoms with E-state index in [0.29, 0.717) is 19.6 Å². The maximum Gasteiger partial charge on any atom is 0.311 e. The van der Waals surface area contributed by atoms with Crippen LogP contribution in [-0.4, -0.2) is 80.6 Å². The van der Waals surface area contributed by atoms with Crippen LogP contribution in [0.25, 0.3) is 0 Å². The summed E-state index contributed by atoms with van der Waals surface area (Å²) in [5.74, 6) is -2.02. The number of likely N-dealkylation sites (tertiary alicyclic amines) is 1. The van der Waals surface area contributed by atoms with Gasteiger partial charge in [-0.1, -0.05) is 31.2 Å². The molecule has 2 amide bonds. The number of allylic oxidation sites excluding steroid dienone is 1. The normalized spacial score (nSPS) is 37.4. The Kier molecular flexibility index (Phi) is 6.23. The molecule has 4 aliphatic heterocycles. The predicted molar refractivity (Wildman–Crippen MR) is 118 cm³/mol. The van der Waals surface area contributed by atoms with Crippen LogP contribution in [0.2, 0.25) is 0 Å². The minimum Gasteiger partial charge on any atom is -0.465 e. The Hall–Kier alpha value is -1.80. The van der Waals surface area contributed by atoms with Gasteiger partial charge in [-0.2, -0.15) is 0 Å². The lowest BCUT2D eigenvalue weighted by molar-refractivity contribution is -0.153. The van der Waals surface area contributed by atoms with E-state index in [1.807, 2.05) is 39.0 Å². The summed E-state index contributed by atoms with van der Waals surface area (Å²) in [5, 5.41) is 9.82. The molecule has 4 heterocycles. The van der Waals surface area contributed by atoms with Gasteiger partial charge in [-0.05, 0) is 33.1 Å². The highest BCUT2D eigenvalue weighted by molar-refractivity contribution is 8.02. The van der Waals surface area contributed by atoms with Crippen molar-refractivity contribution in [1.82, 2.24) is 9.80 Å². The Morgan fingerprint density at radius 3 is 2.71 bits per heavy atom. The molecule has 2 fully saturated rings. The lowest BCUT2D eigenvalue weighted by Crippen LogP contribution is -2.57. The summed E-state index contributed by atoms with van der Waals surface area (Å²) in [4.78, 5) is 44.2. The molecular formula is C23H32N2O5S. The molecule has 0 radical (unpaired) electrons. The molecule has 170 valence electrons. The van der Waals surface area contributed by atoms with Gasteiger partial charge in [0, 0.05) is 17.8 Å². The van der Waals surface area contributed by atoms with Crippen molar-refractivity contribution < 1.29 is 24.2 Å². The monoisotopic (exact) mass is 448 g/mol. The number of ether oxygens (including phenoxy) is 1. The standard InChI is InChI=1S/C23H32N2O5S/c1-4-15(13-26)25-19-21(28)24(14(2)3)11-8-10-23(19)18(20(25)27)17-16(31-23)9-6-5-7-12-30-22(17)29/h6,8-10,14-19,26H,4-5,7,11-13H2,1-3H3/b9-6-/t15-,16-,17+,18-,19?,23-/m0/s1. The van der Waals surface area contributed by atoms with Crippen molar-refractivity contribution in [3.8, 4) is 0 Å². The lowest BCUT2D eigenvalue weighted by atomic mass is 9.78. The highest BCUT2D eigenvalue weighted by Crippen LogP contribution is 2.61. The first-order chi connectivity index (χ1) is 14.9. The highest BCUT2D eigenvalue weighted by Gasteiger charge is 2.71. The lowest BCUT2D eigenvalue weighted by Gasteiger charge is -2.39. The molecule has 7 nitrogen and oxygen atoms in total. The van der Waals surface area contributed by atoms with E-state index in [-0.39, 0.29) is 35.7 Å². The van der Waals surface area contributed by atoms with Gasteiger partial charge in [0.25, 0.3) is 0 Å². The Labute approximate surface area is 187 Å². The van der Waals surface area contributed by atoms with Crippen LogP contribution in [0.4, 0.5) is 0 Å². The van der Waals surface area contributed by atoms with Crippen molar-refractivity contribution in [2.75, 3.05) is 19.8 Å². The molecule has 0 saturated carbocycles. The molecule has 8 heteroatoms. The largest absolute Gasteiger partial charge is 0.465 e. The molecular weight excluding hydrogens is 416 g/mol. The SMILES string of the molecule is CC[C@@H](CO)N1C(=O)[C@@H]2[C@@H]3C(=O)OCCC/C=C\[C@@H]3S[C@@]23C=CCN(C(C)C)C(=O)C13. The van der Waals surface area contributed by atoms with Crippen molar-refractivity contribution in [3.05, 3.63) is 24.3 Å². The van der Waals surface area contributed by atoms with E-state index in [9.17, 15) is 19.5 Å². The van der Waals surface area contributed by atoms with Gasteiger partial charge in [-0.3, -0.25) is 14.4 Å². The van der Waals surface area contributed by atoms with Crippen LogP contribution < -0.4 is 0 Å². The average Bonchev–Trinajstić information content (AvgIpc) is 3.14. The van der Waals surface area contributed by atoms with Crippen LogP contribution in [-0.2, 0) is 19.1 Å². The second-order valence-electron chi connectivity index (χ2n) is 9.06. The van der Waals surface area contributed by atoms with Crippen LogP contribution in [0.1, 0.15) is 40.0 Å². The van der Waals surface area contributed by atoms with Gasteiger partial charge in [0.2, 0.25) is 11.8 Å². The topological polar surface area (TPSA) is 87.2 Å². The Balaban J connectivity index is 1.87. The fraction of sp³-hybridized carbons (Fsp3) is 0.696. The summed E-state index contributed by atoms with van der Waals surface area (Å²) in [7, 11) is 0. The smallest absolute Gasteiger partial charge is 0.311 e. The van der Waals surface area contributed by atoms with Crippen molar-refractivity contribution >= 4 is 29.5 Å². The summed E-state index contributed by atoms with van der Waals surface area (Å²) in [6, 6.07) is -1.23. The number of esters is 1. The van der Waals surface area contributed by atoms with Crippen molar-refractivity contribution in [1.29, 1.82) is 0 Å². The van der Waals surface area contributed by atoms with Gasteiger partial charge in [-0.15, -0.1) is 11.8 Å². The number of carbonyl (C=O) groups excluding carboxylic acids is 3. The van der Waals surface area contributed by atoms with E-state index < -0.39 is 28.7 Å². The van der Waals surface area contributed by atoms with E-state index in [1.54, 1.807) is 21.6 Å². The van der Waals surface area contributed by atoms with Gasteiger partial charge >= 0.3 is 5.97 Å². The molecule has 0 aliphatic carbocycles. The number of amides is 2. The van der Waals surface area contributed by atoms with Gasteiger partial charge in [0.05, 0.1) is 35.8 Å². The molecule has 0 aromatic heterocycles. The average molecular weight is 449 g/mol. The first-order valence-corrected chi connectivity index (χ1v) is 12.2. The zero-order valence-electron chi connectivity index (χ0n) is 18.4.